The van der Waals surface area contributed by atoms with E-state index in [1.807, 2.05) is 6.92 Å². The van der Waals surface area contributed by atoms with Crippen molar-refractivity contribution in [2.75, 3.05) is 19.8 Å². The Hall–Kier alpha value is -1.43. The minimum absolute atomic E-state index is 0.00855. The van der Waals surface area contributed by atoms with Gasteiger partial charge in [-0.2, -0.15) is 0 Å². The number of esters is 1. The van der Waals surface area contributed by atoms with E-state index in [2.05, 4.69) is 41.2 Å². The normalized spacial score (nSPS) is 54.6. The quantitative estimate of drug-likeness (QED) is 0.0781. The molecule has 0 bridgehead atoms. The van der Waals surface area contributed by atoms with E-state index in [0.717, 1.165) is 44.1 Å². The van der Waals surface area contributed by atoms with Crippen molar-refractivity contribution in [3.63, 3.8) is 0 Å². The highest BCUT2D eigenvalue weighted by molar-refractivity contribution is 5.78. The Labute approximate surface area is 387 Å². The SMILES string of the molecule is C=C(C)[C@@H]1CC[C@]2(C(=O)O[C@@H]3O[C@H](CO)[C@@H](O)[C@H](O)[C@H]3O[C@@H]3O[C@H](CO)[C@@H](O)[C@H](O)[C@H]3O)CC[C@]3(C)[C@H](CC[C@@H]4[C@@]5(C)CC[C@H](O[C@@H]6O[C@H](CO)[C@@H](O)[C@H](O)[C@H]6O)C(C)(C)[C@@H]5CC[C@]43C)[C@@H]12. The predicted molar refractivity (Wildman–Crippen MR) is 230 cm³/mol. The molecule has 66 heavy (non-hydrogen) atoms. The predicted octanol–water partition coefficient (Wildman–Crippen LogP) is -0.00360. The maximum atomic E-state index is 15.2. The number of carbonyl (C=O) groups is 1. The van der Waals surface area contributed by atoms with Gasteiger partial charge in [0, 0.05) is 0 Å². The molecule has 18 nitrogen and oxygen atoms in total. The molecule has 8 fully saturated rings. The first-order valence-electron chi connectivity index (χ1n) is 24.4. The van der Waals surface area contributed by atoms with Crippen LogP contribution >= 0.6 is 0 Å². The van der Waals surface area contributed by atoms with Crippen molar-refractivity contribution in [2.45, 2.75) is 204 Å². The lowest BCUT2D eigenvalue weighted by atomic mass is 9.32. The third-order valence-electron chi connectivity index (χ3n) is 19.7. The molecule has 5 aliphatic carbocycles. The third-order valence-corrected chi connectivity index (χ3v) is 19.7. The van der Waals surface area contributed by atoms with Gasteiger partial charge in [-0.05, 0) is 122 Å². The van der Waals surface area contributed by atoms with Crippen molar-refractivity contribution in [1.82, 2.24) is 0 Å². The summed E-state index contributed by atoms with van der Waals surface area (Å²) in [7, 11) is 0. The molecule has 378 valence electrons. The van der Waals surface area contributed by atoms with Crippen LogP contribution in [-0.4, -0.2) is 180 Å². The number of hydrogen-bond acceptors (Lipinski definition) is 18. The Bertz CT molecular complexity index is 1760. The van der Waals surface area contributed by atoms with E-state index in [-0.39, 0.29) is 51.4 Å². The van der Waals surface area contributed by atoms with Gasteiger partial charge in [0.2, 0.25) is 6.29 Å². The number of allylic oxidation sites excluding steroid dienone is 1. The van der Waals surface area contributed by atoms with E-state index in [9.17, 15) is 56.2 Å². The van der Waals surface area contributed by atoms with Crippen molar-refractivity contribution in [3.8, 4) is 0 Å². The van der Waals surface area contributed by atoms with Crippen LogP contribution in [0.1, 0.15) is 106 Å². The van der Waals surface area contributed by atoms with Crippen LogP contribution in [0.15, 0.2) is 12.2 Å². The molecule has 8 aliphatic rings. The number of rotatable bonds is 10. The Morgan fingerprint density at radius 1 is 0.576 bits per heavy atom. The molecule has 3 heterocycles. The van der Waals surface area contributed by atoms with E-state index in [4.69, 9.17) is 28.4 Å². The fraction of sp³-hybridized carbons (Fsp3) is 0.938. The first-order chi connectivity index (χ1) is 31.0. The lowest BCUT2D eigenvalue weighted by Gasteiger charge is -2.73. The average Bonchev–Trinajstić information content (AvgIpc) is 3.69. The molecule has 3 saturated heterocycles. The molecule has 0 aromatic rings. The van der Waals surface area contributed by atoms with Gasteiger partial charge in [-0.25, -0.2) is 0 Å². The highest BCUT2D eigenvalue weighted by Crippen LogP contribution is 2.78. The average molecular weight is 943 g/mol. The number of hydrogen-bond donors (Lipinski definition) is 11. The minimum Gasteiger partial charge on any atom is -0.432 e. The van der Waals surface area contributed by atoms with Crippen molar-refractivity contribution >= 4 is 5.97 Å². The summed E-state index contributed by atoms with van der Waals surface area (Å²) in [5, 5.41) is 115. The maximum Gasteiger partial charge on any atom is 0.314 e. The monoisotopic (exact) mass is 943 g/mol. The van der Waals surface area contributed by atoms with Crippen LogP contribution in [-0.2, 0) is 33.2 Å². The fourth-order valence-corrected chi connectivity index (χ4v) is 15.9. The van der Waals surface area contributed by atoms with Crippen LogP contribution < -0.4 is 0 Å². The summed E-state index contributed by atoms with van der Waals surface area (Å²) in [6.45, 7) is 16.2. The zero-order chi connectivity index (χ0) is 48.2. The summed E-state index contributed by atoms with van der Waals surface area (Å²) >= 11 is 0. The summed E-state index contributed by atoms with van der Waals surface area (Å²) in [5.74, 6) is -0.0245. The van der Waals surface area contributed by atoms with E-state index in [1.165, 1.54) is 0 Å². The van der Waals surface area contributed by atoms with Crippen LogP contribution in [0.25, 0.3) is 0 Å². The molecular formula is C48H78O18. The highest BCUT2D eigenvalue weighted by Gasteiger charge is 2.73. The number of aliphatic hydroxyl groups is 11. The molecule has 18 heteroatoms. The molecule has 0 aromatic carbocycles. The minimum atomic E-state index is -1.86. The van der Waals surface area contributed by atoms with E-state index < -0.39 is 123 Å². The summed E-state index contributed by atoms with van der Waals surface area (Å²) in [4.78, 5) is 15.2. The Kier molecular flexibility index (Phi) is 14.1. The largest absolute Gasteiger partial charge is 0.432 e. The van der Waals surface area contributed by atoms with E-state index in [0.29, 0.717) is 31.6 Å². The fourth-order valence-electron chi connectivity index (χ4n) is 15.9. The van der Waals surface area contributed by atoms with Crippen molar-refractivity contribution in [2.24, 2.45) is 56.7 Å². The third kappa shape index (κ3) is 7.69. The van der Waals surface area contributed by atoms with Crippen LogP contribution in [0.4, 0.5) is 0 Å². The second-order valence-electron chi connectivity index (χ2n) is 22.9. The van der Waals surface area contributed by atoms with Gasteiger partial charge in [-0.1, -0.05) is 46.8 Å². The van der Waals surface area contributed by atoms with Crippen LogP contribution in [0.2, 0.25) is 0 Å². The first-order valence-corrected chi connectivity index (χ1v) is 24.4. The molecule has 0 spiro atoms. The Morgan fingerprint density at radius 2 is 1.12 bits per heavy atom. The number of aliphatic hydroxyl groups excluding tert-OH is 11. The lowest BCUT2D eigenvalue weighted by Crippen LogP contribution is -2.68. The zero-order valence-electron chi connectivity index (χ0n) is 39.3. The van der Waals surface area contributed by atoms with E-state index >= 15 is 4.79 Å². The molecule has 0 amide bonds. The molecule has 0 unspecified atom stereocenters. The summed E-state index contributed by atoms with van der Waals surface area (Å²) in [6, 6.07) is 0. The standard InChI is InChI=1S/C48H78O18/c1-21(2)22-10-15-48(43(60)66-42-39(36(57)33(54)26(20-51)63-42)65-41-38(59)35(56)32(53)25(19-50)62-41)17-16-46(6)23(30(22)48)8-9-28-45(5)13-12-29(44(3,4)27(45)11-14-47(28,46)7)64-40-37(58)34(55)31(52)24(18-49)61-40/h22-42,49-59H,1,8-20H2,2-7H3/t22-,23+,24+,25+,26+,27-,28+,29-,30+,31+,32+,33+,34-,35-,36-,37+,38+,39+,40-,41-,42-,45-,46+,47+,48-/m0/s1. The molecule has 11 N–H and O–H groups in total. The van der Waals surface area contributed by atoms with Gasteiger partial charge in [-0.15, -0.1) is 0 Å². The molecule has 8 rings (SSSR count). The number of ether oxygens (including phenoxy) is 6. The molecular weight excluding hydrogens is 865 g/mol. The Morgan fingerprint density at radius 3 is 1.68 bits per heavy atom. The number of carbonyl (C=O) groups excluding carboxylic acids is 1. The smallest absolute Gasteiger partial charge is 0.314 e. The summed E-state index contributed by atoms with van der Waals surface area (Å²) in [5.41, 5.74) is -0.754. The van der Waals surface area contributed by atoms with Gasteiger partial charge in [0.25, 0.3) is 0 Å². The Balaban J connectivity index is 1.04. The first kappa shape index (κ1) is 50.9. The van der Waals surface area contributed by atoms with Crippen LogP contribution in [0, 0.1) is 56.7 Å². The maximum absolute atomic E-state index is 15.2. The van der Waals surface area contributed by atoms with E-state index in [1.54, 1.807) is 0 Å². The molecule has 5 saturated carbocycles. The topological polar surface area (TPSA) is 295 Å². The second-order valence-corrected chi connectivity index (χ2v) is 22.9. The van der Waals surface area contributed by atoms with Gasteiger partial charge in [0.05, 0.1) is 31.3 Å². The molecule has 0 radical (unpaired) electrons. The van der Waals surface area contributed by atoms with Gasteiger partial charge in [0.1, 0.15) is 67.1 Å². The molecule has 0 aromatic heterocycles. The summed E-state index contributed by atoms with van der Waals surface area (Å²) < 4.78 is 36.1. The van der Waals surface area contributed by atoms with Gasteiger partial charge in [0.15, 0.2) is 18.7 Å². The molecule has 3 aliphatic heterocycles. The van der Waals surface area contributed by atoms with Crippen molar-refractivity contribution in [3.05, 3.63) is 12.2 Å². The summed E-state index contributed by atoms with van der Waals surface area (Å²) in [6.07, 6.45) is -16.1. The number of fused-ring (bicyclic) bond motifs is 7. The van der Waals surface area contributed by atoms with Crippen molar-refractivity contribution < 1.29 is 89.4 Å². The van der Waals surface area contributed by atoms with Gasteiger partial charge in [-0.3, -0.25) is 4.79 Å². The second kappa shape index (κ2) is 18.3. The highest BCUT2D eigenvalue weighted by atomic mass is 16.8. The van der Waals surface area contributed by atoms with Crippen LogP contribution in [0.3, 0.4) is 0 Å². The zero-order valence-corrected chi connectivity index (χ0v) is 39.3. The lowest BCUT2D eigenvalue weighted by molar-refractivity contribution is -0.363. The van der Waals surface area contributed by atoms with Crippen molar-refractivity contribution in [1.29, 1.82) is 0 Å². The van der Waals surface area contributed by atoms with Gasteiger partial charge < -0.3 is 84.6 Å². The van der Waals surface area contributed by atoms with Gasteiger partial charge >= 0.3 is 5.97 Å². The van der Waals surface area contributed by atoms with Crippen LogP contribution in [0.5, 0.6) is 0 Å². The molecule has 25 atom stereocenters.